The second-order valence-corrected chi connectivity index (χ2v) is 9.70. The summed E-state index contributed by atoms with van der Waals surface area (Å²) in [6, 6.07) is 15.9. The quantitative estimate of drug-likeness (QED) is 0.391. The van der Waals surface area contributed by atoms with Crippen LogP contribution in [0.5, 0.6) is 0 Å². The van der Waals surface area contributed by atoms with Gasteiger partial charge in [-0.05, 0) is 36.4 Å². The third-order valence-electron chi connectivity index (χ3n) is 6.80. The third-order valence-corrected chi connectivity index (χ3v) is 7.05. The van der Waals surface area contributed by atoms with Gasteiger partial charge in [0.25, 0.3) is 0 Å². The van der Waals surface area contributed by atoms with Gasteiger partial charge in [-0.3, -0.25) is 4.90 Å². The molecule has 2 aromatic carbocycles. The molecule has 2 aromatic heterocycles. The molecule has 0 radical (unpaired) electrons. The van der Waals surface area contributed by atoms with Gasteiger partial charge in [-0.25, -0.2) is 9.97 Å². The SMILES string of the molecule is Clc1ccc(Nc2cc(-c3ccc4ncn(CCN5CCOCC5)c4c3)nc(N3CCOCC3)n2)cc1. The van der Waals surface area contributed by atoms with Crippen LogP contribution < -0.4 is 10.2 Å². The first-order valence-corrected chi connectivity index (χ1v) is 13.1. The van der Waals surface area contributed by atoms with Crippen molar-refractivity contribution in [1.82, 2.24) is 24.4 Å². The zero-order valence-electron chi connectivity index (χ0n) is 20.6. The van der Waals surface area contributed by atoms with Gasteiger partial charge in [0, 0.05) is 61.6 Å². The average molecular weight is 520 g/mol. The topological polar surface area (TPSA) is 80.6 Å². The molecule has 2 aliphatic rings. The number of halogens is 1. The molecule has 0 atom stereocenters. The lowest BCUT2D eigenvalue weighted by molar-refractivity contribution is 0.0365. The van der Waals surface area contributed by atoms with Crippen molar-refractivity contribution in [2.75, 3.05) is 69.4 Å². The maximum absolute atomic E-state index is 6.08. The molecule has 0 unspecified atom stereocenters. The highest BCUT2D eigenvalue weighted by atomic mass is 35.5. The van der Waals surface area contributed by atoms with E-state index in [1.54, 1.807) is 0 Å². The van der Waals surface area contributed by atoms with Crippen molar-refractivity contribution in [2.45, 2.75) is 6.54 Å². The van der Waals surface area contributed by atoms with Crippen LogP contribution in [0.15, 0.2) is 54.9 Å². The van der Waals surface area contributed by atoms with Gasteiger partial charge in [0.05, 0.1) is 49.5 Å². The molecule has 10 heteroatoms. The molecule has 2 saturated heterocycles. The highest BCUT2D eigenvalue weighted by molar-refractivity contribution is 6.30. The number of fused-ring (bicyclic) bond motifs is 1. The molecule has 4 aromatic rings. The molecule has 1 N–H and O–H groups in total. The monoisotopic (exact) mass is 519 g/mol. The van der Waals surface area contributed by atoms with Crippen LogP contribution in [-0.4, -0.2) is 83.6 Å². The van der Waals surface area contributed by atoms with Gasteiger partial charge in [-0.2, -0.15) is 4.98 Å². The molecular formula is C27H30ClN7O2. The highest BCUT2D eigenvalue weighted by Crippen LogP contribution is 2.28. The van der Waals surface area contributed by atoms with Crippen molar-refractivity contribution in [3.05, 3.63) is 59.9 Å². The number of aromatic nitrogens is 4. The number of imidazole rings is 1. The molecule has 4 heterocycles. The highest BCUT2D eigenvalue weighted by Gasteiger charge is 2.18. The average Bonchev–Trinajstić information content (AvgIpc) is 3.36. The number of ether oxygens (including phenoxy) is 2. The molecule has 37 heavy (non-hydrogen) atoms. The minimum Gasteiger partial charge on any atom is -0.379 e. The van der Waals surface area contributed by atoms with Gasteiger partial charge in [0.15, 0.2) is 0 Å². The van der Waals surface area contributed by atoms with Crippen LogP contribution in [0.25, 0.3) is 22.3 Å². The van der Waals surface area contributed by atoms with Crippen LogP contribution in [-0.2, 0) is 16.0 Å². The van der Waals surface area contributed by atoms with Gasteiger partial charge in [0.1, 0.15) is 5.82 Å². The Bertz CT molecular complexity index is 1350. The molecular weight excluding hydrogens is 490 g/mol. The molecule has 2 fully saturated rings. The molecule has 0 aliphatic carbocycles. The summed E-state index contributed by atoms with van der Waals surface area (Å²) in [5, 5.41) is 4.12. The zero-order valence-corrected chi connectivity index (χ0v) is 21.4. The Labute approximate surface area is 221 Å². The standard InChI is InChI=1S/C27H30ClN7O2/c28-21-2-4-22(5-3-21)30-26-18-24(31-27(32-26)34-11-15-37-16-12-34)20-1-6-23-25(17-20)35(19-29-23)8-7-33-9-13-36-14-10-33/h1-6,17-19H,7-16H2,(H,30,31,32). The van der Waals surface area contributed by atoms with Gasteiger partial charge in [-0.15, -0.1) is 0 Å². The predicted molar refractivity (Wildman–Crippen MR) is 146 cm³/mol. The van der Waals surface area contributed by atoms with Crippen LogP contribution in [0.4, 0.5) is 17.5 Å². The number of benzene rings is 2. The van der Waals surface area contributed by atoms with Crippen LogP contribution >= 0.6 is 11.6 Å². The number of nitrogens with zero attached hydrogens (tertiary/aromatic N) is 6. The van der Waals surface area contributed by atoms with E-state index < -0.39 is 0 Å². The fourth-order valence-electron chi connectivity index (χ4n) is 4.70. The Morgan fingerprint density at radius 2 is 1.59 bits per heavy atom. The van der Waals surface area contributed by atoms with E-state index >= 15 is 0 Å². The van der Waals surface area contributed by atoms with Crippen LogP contribution in [0, 0.1) is 0 Å². The smallest absolute Gasteiger partial charge is 0.228 e. The van der Waals surface area contributed by atoms with E-state index in [0.717, 1.165) is 86.3 Å². The van der Waals surface area contributed by atoms with Crippen molar-refractivity contribution in [3.8, 4) is 11.3 Å². The van der Waals surface area contributed by atoms with Crippen molar-refractivity contribution >= 4 is 40.1 Å². The van der Waals surface area contributed by atoms with E-state index in [4.69, 9.17) is 31.0 Å². The molecule has 0 saturated carbocycles. The Hall–Kier alpha value is -3.24. The number of nitrogens with one attached hydrogen (secondary N) is 1. The van der Waals surface area contributed by atoms with Crippen molar-refractivity contribution in [3.63, 3.8) is 0 Å². The molecule has 9 nitrogen and oxygen atoms in total. The summed E-state index contributed by atoms with van der Waals surface area (Å²) >= 11 is 6.08. The second kappa shape index (κ2) is 11.0. The number of rotatable bonds is 7. The number of hydrogen-bond donors (Lipinski definition) is 1. The fourth-order valence-corrected chi connectivity index (χ4v) is 4.83. The van der Waals surface area contributed by atoms with E-state index in [1.807, 2.05) is 36.7 Å². The van der Waals surface area contributed by atoms with E-state index in [9.17, 15) is 0 Å². The maximum Gasteiger partial charge on any atom is 0.228 e. The number of morpholine rings is 2. The number of anilines is 3. The van der Waals surface area contributed by atoms with E-state index in [-0.39, 0.29) is 0 Å². The Balaban J connectivity index is 1.32. The second-order valence-electron chi connectivity index (χ2n) is 9.27. The van der Waals surface area contributed by atoms with Crippen molar-refractivity contribution in [2.24, 2.45) is 0 Å². The Kier molecular flexibility index (Phi) is 7.18. The van der Waals surface area contributed by atoms with Crippen LogP contribution in [0.3, 0.4) is 0 Å². The van der Waals surface area contributed by atoms with Gasteiger partial charge < -0.3 is 24.3 Å². The van der Waals surface area contributed by atoms with E-state index in [2.05, 4.69) is 42.9 Å². The van der Waals surface area contributed by atoms with Crippen LogP contribution in [0.1, 0.15) is 0 Å². The first kappa shape index (κ1) is 24.1. The molecule has 0 bridgehead atoms. The lowest BCUT2D eigenvalue weighted by atomic mass is 10.1. The summed E-state index contributed by atoms with van der Waals surface area (Å²) in [4.78, 5) is 19.0. The molecule has 2 aliphatic heterocycles. The minimum atomic E-state index is 0.668. The maximum atomic E-state index is 6.08. The summed E-state index contributed by atoms with van der Waals surface area (Å²) in [6.45, 7) is 8.28. The Morgan fingerprint density at radius 3 is 2.38 bits per heavy atom. The molecule has 192 valence electrons. The summed E-state index contributed by atoms with van der Waals surface area (Å²) in [7, 11) is 0. The Morgan fingerprint density at radius 1 is 0.838 bits per heavy atom. The van der Waals surface area contributed by atoms with Gasteiger partial charge >= 0.3 is 0 Å². The molecule has 0 amide bonds. The minimum absolute atomic E-state index is 0.668. The van der Waals surface area contributed by atoms with Gasteiger partial charge in [0.2, 0.25) is 5.95 Å². The van der Waals surface area contributed by atoms with Gasteiger partial charge in [-0.1, -0.05) is 17.7 Å². The van der Waals surface area contributed by atoms with E-state index in [0.29, 0.717) is 24.2 Å². The van der Waals surface area contributed by atoms with Crippen molar-refractivity contribution in [1.29, 1.82) is 0 Å². The third kappa shape index (κ3) is 5.70. The fraction of sp³-hybridized carbons (Fsp3) is 0.370. The molecule has 0 spiro atoms. The summed E-state index contributed by atoms with van der Waals surface area (Å²) < 4.78 is 13.3. The van der Waals surface area contributed by atoms with E-state index in [1.165, 1.54) is 0 Å². The number of hydrogen-bond acceptors (Lipinski definition) is 8. The van der Waals surface area contributed by atoms with Crippen LogP contribution in [0.2, 0.25) is 5.02 Å². The first-order valence-electron chi connectivity index (χ1n) is 12.7. The lowest BCUT2D eigenvalue weighted by Crippen LogP contribution is -2.38. The zero-order chi connectivity index (χ0) is 25.0. The summed E-state index contributed by atoms with van der Waals surface area (Å²) in [5.74, 6) is 1.42. The lowest BCUT2D eigenvalue weighted by Gasteiger charge is -2.27. The van der Waals surface area contributed by atoms with Crippen molar-refractivity contribution < 1.29 is 9.47 Å². The normalized spacial score (nSPS) is 16.8. The largest absolute Gasteiger partial charge is 0.379 e. The molecule has 6 rings (SSSR count). The summed E-state index contributed by atoms with van der Waals surface area (Å²) in [5.41, 5.74) is 4.88. The predicted octanol–water partition coefficient (Wildman–Crippen LogP) is 4.06. The summed E-state index contributed by atoms with van der Waals surface area (Å²) in [6.07, 6.45) is 1.93. The first-order chi connectivity index (χ1) is 18.2.